The highest BCUT2D eigenvalue weighted by Gasteiger charge is 2.27. The molecule has 1 atom stereocenters. The average molecular weight is 348 g/mol. The molecule has 1 saturated heterocycles. The first-order chi connectivity index (χ1) is 11.6. The number of amides is 2. The first-order valence-electron chi connectivity index (χ1n) is 8.23. The molecule has 3 rings (SSSR count). The van der Waals surface area contributed by atoms with Crippen molar-refractivity contribution in [2.75, 3.05) is 26.7 Å². The van der Waals surface area contributed by atoms with E-state index in [4.69, 9.17) is 4.42 Å². The van der Waals surface area contributed by atoms with Gasteiger partial charge in [-0.1, -0.05) is 0 Å². The van der Waals surface area contributed by atoms with E-state index in [1.165, 1.54) is 4.88 Å². The lowest BCUT2D eigenvalue weighted by atomic mass is 10.1. The van der Waals surface area contributed by atoms with Gasteiger partial charge in [0.15, 0.2) is 0 Å². The van der Waals surface area contributed by atoms with E-state index in [9.17, 15) is 4.79 Å². The zero-order valence-corrected chi connectivity index (χ0v) is 15.0. The number of rotatable bonds is 6. The summed E-state index contributed by atoms with van der Waals surface area (Å²) in [6.45, 7) is 6.16. The molecule has 7 heteroatoms. The number of carbonyl (C=O) groups excluding carboxylic acids is 1. The maximum absolute atomic E-state index is 12.2. The van der Waals surface area contributed by atoms with Crippen LogP contribution in [-0.2, 0) is 13.1 Å². The third kappa shape index (κ3) is 4.36. The highest BCUT2D eigenvalue weighted by molar-refractivity contribution is 7.09. The van der Waals surface area contributed by atoms with Gasteiger partial charge in [0, 0.05) is 43.2 Å². The van der Waals surface area contributed by atoms with E-state index < -0.39 is 0 Å². The van der Waals surface area contributed by atoms with E-state index in [2.05, 4.69) is 29.2 Å². The van der Waals surface area contributed by atoms with Crippen molar-refractivity contribution in [2.45, 2.75) is 26.4 Å². The van der Waals surface area contributed by atoms with Gasteiger partial charge in [0.1, 0.15) is 0 Å². The number of carbonyl (C=O) groups is 1. The van der Waals surface area contributed by atoms with Gasteiger partial charge in [-0.2, -0.15) is 0 Å². The molecule has 0 unspecified atom stereocenters. The molecule has 130 valence electrons. The number of hydrogen-bond donors (Lipinski definition) is 1. The maximum atomic E-state index is 12.2. The summed E-state index contributed by atoms with van der Waals surface area (Å²) < 4.78 is 5.01. The molecule has 1 N–H and O–H groups in total. The van der Waals surface area contributed by atoms with Gasteiger partial charge < -0.3 is 19.5 Å². The zero-order chi connectivity index (χ0) is 16.9. The Hall–Kier alpha value is -1.86. The third-order valence-corrected chi connectivity index (χ3v) is 5.35. The van der Waals surface area contributed by atoms with Crippen molar-refractivity contribution in [3.8, 4) is 0 Å². The van der Waals surface area contributed by atoms with Crippen molar-refractivity contribution in [1.29, 1.82) is 0 Å². The van der Waals surface area contributed by atoms with Gasteiger partial charge in [-0.15, -0.1) is 11.3 Å². The lowest BCUT2D eigenvalue weighted by Crippen LogP contribution is -2.38. The molecule has 2 amide bonds. The minimum absolute atomic E-state index is 0.0136. The quantitative estimate of drug-likeness (QED) is 0.872. The molecular formula is C17H24N4O2S. The summed E-state index contributed by atoms with van der Waals surface area (Å²) in [5, 5.41) is 2.95. The van der Waals surface area contributed by atoms with Crippen molar-refractivity contribution in [1.82, 2.24) is 20.1 Å². The standard InChI is InChI=1S/C17H24N4O2S/c1-13-16(24-12-19-13)10-20(2)8-15-3-5-21(9-15)17(22)18-7-14-4-6-23-11-14/h4,6,11-12,15H,3,5,7-10H2,1-2H3,(H,18,22)/t15-/m0/s1. The van der Waals surface area contributed by atoms with Crippen LogP contribution in [0.5, 0.6) is 0 Å². The van der Waals surface area contributed by atoms with Gasteiger partial charge in [-0.05, 0) is 32.4 Å². The van der Waals surface area contributed by atoms with Gasteiger partial charge in [0.25, 0.3) is 0 Å². The van der Waals surface area contributed by atoms with Crippen molar-refractivity contribution in [3.63, 3.8) is 0 Å². The van der Waals surface area contributed by atoms with E-state index in [0.717, 1.165) is 43.9 Å². The Morgan fingerprint density at radius 1 is 1.58 bits per heavy atom. The summed E-state index contributed by atoms with van der Waals surface area (Å²) in [5.41, 5.74) is 4.01. The van der Waals surface area contributed by atoms with Crippen LogP contribution in [0, 0.1) is 12.8 Å². The van der Waals surface area contributed by atoms with Crippen LogP contribution in [0.2, 0.25) is 0 Å². The van der Waals surface area contributed by atoms with Gasteiger partial charge >= 0.3 is 6.03 Å². The van der Waals surface area contributed by atoms with Crippen molar-refractivity contribution in [3.05, 3.63) is 40.2 Å². The zero-order valence-electron chi connectivity index (χ0n) is 14.2. The largest absolute Gasteiger partial charge is 0.472 e. The van der Waals surface area contributed by atoms with Gasteiger partial charge in [-0.3, -0.25) is 0 Å². The first kappa shape index (κ1) is 17.0. The summed E-state index contributed by atoms with van der Waals surface area (Å²) in [6.07, 6.45) is 4.34. The molecule has 0 aromatic carbocycles. The second-order valence-electron chi connectivity index (χ2n) is 6.45. The minimum atomic E-state index is 0.0136. The van der Waals surface area contributed by atoms with Crippen LogP contribution in [0.15, 0.2) is 28.5 Å². The van der Waals surface area contributed by atoms with Crippen LogP contribution in [0.4, 0.5) is 4.79 Å². The van der Waals surface area contributed by atoms with Crippen molar-refractivity contribution < 1.29 is 9.21 Å². The number of thiazole rings is 1. The molecule has 0 radical (unpaired) electrons. The maximum Gasteiger partial charge on any atom is 0.317 e. The first-order valence-corrected chi connectivity index (χ1v) is 9.11. The fraction of sp³-hybridized carbons (Fsp3) is 0.529. The Morgan fingerprint density at radius 3 is 3.17 bits per heavy atom. The molecule has 0 saturated carbocycles. The summed E-state index contributed by atoms with van der Waals surface area (Å²) in [7, 11) is 2.14. The highest BCUT2D eigenvalue weighted by Crippen LogP contribution is 2.20. The molecule has 0 bridgehead atoms. The van der Waals surface area contributed by atoms with Crippen LogP contribution in [0.25, 0.3) is 0 Å². The Labute approximate surface area is 146 Å². The molecule has 0 spiro atoms. The smallest absolute Gasteiger partial charge is 0.317 e. The number of likely N-dealkylation sites (tertiary alicyclic amines) is 1. The Morgan fingerprint density at radius 2 is 2.46 bits per heavy atom. The molecule has 24 heavy (non-hydrogen) atoms. The summed E-state index contributed by atoms with van der Waals surface area (Å²) in [6, 6.07) is 1.88. The van der Waals surface area contributed by atoms with Crippen molar-refractivity contribution in [2.24, 2.45) is 5.92 Å². The fourth-order valence-electron chi connectivity index (χ4n) is 3.08. The lowest BCUT2D eigenvalue weighted by Gasteiger charge is -2.21. The number of nitrogens with one attached hydrogen (secondary N) is 1. The van der Waals surface area contributed by atoms with Gasteiger partial charge in [0.2, 0.25) is 0 Å². The SMILES string of the molecule is Cc1ncsc1CN(C)C[C@@H]1CCN(C(=O)NCc2ccoc2)C1. The Kier molecular flexibility index (Phi) is 5.52. The van der Waals surface area contributed by atoms with E-state index in [1.807, 2.05) is 16.5 Å². The van der Waals surface area contributed by atoms with E-state index >= 15 is 0 Å². The molecule has 2 aromatic heterocycles. The van der Waals surface area contributed by atoms with E-state index in [0.29, 0.717) is 12.5 Å². The van der Waals surface area contributed by atoms with Crippen LogP contribution >= 0.6 is 11.3 Å². The van der Waals surface area contributed by atoms with E-state index in [1.54, 1.807) is 23.9 Å². The molecule has 1 fully saturated rings. The molecular weight excluding hydrogens is 324 g/mol. The molecule has 6 nitrogen and oxygen atoms in total. The van der Waals surface area contributed by atoms with Gasteiger partial charge in [0.05, 0.1) is 23.7 Å². The lowest BCUT2D eigenvalue weighted by molar-refractivity contribution is 0.203. The number of furan rings is 1. The van der Waals surface area contributed by atoms with Crippen LogP contribution in [0.1, 0.15) is 22.6 Å². The predicted octanol–water partition coefficient (Wildman–Crippen LogP) is 2.71. The third-order valence-electron chi connectivity index (χ3n) is 4.43. The Balaban J connectivity index is 1.41. The number of aromatic nitrogens is 1. The molecule has 3 heterocycles. The number of nitrogens with zero attached hydrogens (tertiary/aromatic N) is 3. The van der Waals surface area contributed by atoms with Crippen LogP contribution in [-0.4, -0.2) is 47.5 Å². The summed E-state index contributed by atoms with van der Waals surface area (Å²) >= 11 is 1.71. The number of aryl methyl sites for hydroxylation is 1. The summed E-state index contributed by atoms with van der Waals surface area (Å²) in [4.78, 5) is 22.1. The molecule has 1 aliphatic heterocycles. The second kappa shape index (κ2) is 7.81. The minimum Gasteiger partial charge on any atom is -0.472 e. The molecule has 0 aliphatic carbocycles. The molecule has 1 aliphatic rings. The molecule has 2 aromatic rings. The number of urea groups is 1. The fourth-order valence-corrected chi connectivity index (χ4v) is 3.93. The second-order valence-corrected chi connectivity index (χ2v) is 7.39. The van der Waals surface area contributed by atoms with Crippen LogP contribution < -0.4 is 5.32 Å². The topological polar surface area (TPSA) is 61.6 Å². The van der Waals surface area contributed by atoms with E-state index in [-0.39, 0.29) is 6.03 Å². The Bertz CT molecular complexity index is 655. The van der Waals surface area contributed by atoms with Crippen molar-refractivity contribution >= 4 is 17.4 Å². The predicted molar refractivity (Wildman–Crippen MR) is 93.8 cm³/mol. The summed E-state index contributed by atoms with van der Waals surface area (Å²) in [5.74, 6) is 0.530. The monoisotopic (exact) mass is 348 g/mol. The average Bonchev–Trinajstić information content (AvgIpc) is 3.28. The normalized spacial score (nSPS) is 17.6. The van der Waals surface area contributed by atoms with Crippen LogP contribution in [0.3, 0.4) is 0 Å². The number of hydrogen-bond acceptors (Lipinski definition) is 5. The van der Waals surface area contributed by atoms with Gasteiger partial charge in [-0.25, -0.2) is 9.78 Å². The highest BCUT2D eigenvalue weighted by atomic mass is 32.1.